The Labute approximate surface area is 151 Å². The second-order valence-electron chi connectivity index (χ2n) is 10.6. The molecule has 138 valence electrons. The fourth-order valence-corrected chi connectivity index (χ4v) is 9.23. The van der Waals surface area contributed by atoms with E-state index in [0.717, 1.165) is 24.6 Å². The third-order valence-electron chi connectivity index (χ3n) is 10.00. The summed E-state index contributed by atoms with van der Waals surface area (Å²) in [6, 6.07) is 0. The second-order valence-corrected chi connectivity index (χ2v) is 10.6. The van der Waals surface area contributed by atoms with Crippen LogP contribution in [0, 0.1) is 34.0 Å². The average Bonchev–Trinajstić information content (AvgIpc) is 3.06. The van der Waals surface area contributed by atoms with Crippen molar-refractivity contribution in [2.75, 3.05) is 19.7 Å². The number of aliphatic hydroxyl groups excluding tert-OH is 1. The lowest BCUT2D eigenvalue weighted by Gasteiger charge is -2.73. The summed E-state index contributed by atoms with van der Waals surface area (Å²) >= 11 is 0. The number of ether oxygens (including phenoxy) is 1. The molecule has 2 heterocycles. The highest BCUT2D eigenvalue weighted by Gasteiger charge is 2.73. The highest BCUT2D eigenvalue weighted by Crippen LogP contribution is 2.75. The second kappa shape index (κ2) is 4.72. The van der Waals surface area contributed by atoms with E-state index < -0.39 is 0 Å². The van der Waals surface area contributed by atoms with Crippen molar-refractivity contribution in [1.82, 2.24) is 4.90 Å². The minimum Gasteiger partial charge on any atom is -0.388 e. The average molecular weight is 344 g/mol. The van der Waals surface area contributed by atoms with E-state index in [4.69, 9.17) is 4.74 Å². The van der Waals surface area contributed by atoms with Crippen molar-refractivity contribution in [2.45, 2.75) is 70.6 Å². The molecule has 1 spiro atoms. The smallest absolute Gasteiger partial charge is 0.117 e. The van der Waals surface area contributed by atoms with Crippen LogP contribution < -0.4 is 0 Å². The highest BCUT2D eigenvalue weighted by atomic mass is 16.5. The summed E-state index contributed by atoms with van der Waals surface area (Å²) in [5, 5.41) is 11.3. The third kappa shape index (κ3) is 1.62. The van der Waals surface area contributed by atoms with E-state index in [1.54, 1.807) is 0 Å². The van der Waals surface area contributed by atoms with Gasteiger partial charge in [-0.05, 0) is 73.7 Å². The van der Waals surface area contributed by atoms with Crippen molar-refractivity contribution in [1.29, 1.82) is 0 Å². The van der Waals surface area contributed by atoms with E-state index in [2.05, 4.69) is 18.4 Å². The maximum Gasteiger partial charge on any atom is 0.117 e. The van der Waals surface area contributed by atoms with Crippen LogP contribution in [0.25, 0.3) is 0 Å². The maximum atomic E-state index is 11.3. The Morgan fingerprint density at radius 1 is 1.16 bits per heavy atom. The van der Waals surface area contributed by atoms with E-state index in [-0.39, 0.29) is 11.5 Å². The summed E-state index contributed by atoms with van der Waals surface area (Å²) in [5.41, 5.74) is 2.02. The fourth-order valence-electron chi connectivity index (χ4n) is 9.23. The van der Waals surface area contributed by atoms with Crippen molar-refractivity contribution < 1.29 is 9.84 Å². The lowest BCUT2D eigenvalue weighted by atomic mass is 9.34. The molecule has 0 aromatic heterocycles. The summed E-state index contributed by atoms with van der Waals surface area (Å²) in [6.45, 7) is 10.2. The van der Waals surface area contributed by atoms with Gasteiger partial charge in [-0.3, -0.25) is 4.90 Å². The standard InChI is InChI=1S/C22H33NO2/c1-14-15-4-8-21(18(14)24)9-5-16-20(2)6-3-7-22(16,17(21)12-15)19-23(13-20)10-11-25-19/h15-19,24H,1,3-13H2,2H3/t15-,16+,17-,18+,19+,20-,21-,22+/m1/s1. The SMILES string of the molecule is C=C1[C@@H]2CC[C@]3(CC[C@H]4[C@]5(C)CCC[C@@]4([C@@H]4OCCN4C5)[C@@H]3C2)[C@H]1O. The first-order chi connectivity index (χ1) is 12.0. The van der Waals surface area contributed by atoms with Gasteiger partial charge in [0.1, 0.15) is 6.23 Å². The molecule has 2 aliphatic heterocycles. The Morgan fingerprint density at radius 2 is 2.00 bits per heavy atom. The Balaban J connectivity index is 1.53. The van der Waals surface area contributed by atoms with Crippen LogP contribution in [0.15, 0.2) is 12.2 Å². The van der Waals surface area contributed by atoms with Crippen molar-refractivity contribution in [3.05, 3.63) is 12.2 Å². The molecule has 8 atom stereocenters. The molecule has 0 unspecified atom stereocenters. The zero-order valence-electron chi connectivity index (χ0n) is 15.7. The molecule has 7 aliphatic rings. The first-order valence-electron chi connectivity index (χ1n) is 10.7. The quantitative estimate of drug-likeness (QED) is 0.683. The normalized spacial score (nSPS) is 60.1. The Morgan fingerprint density at radius 3 is 2.88 bits per heavy atom. The predicted octanol–water partition coefficient (Wildman–Crippen LogP) is 3.58. The van der Waals surface area contributed by atoms with E-state index >= 15 is 0 Å². The molecule has 7 rings (SSSR count). The van der Waals surface area contributed by atoms with Gasteiger partial charge in [0.25, 0.3) is 0 Å². The number of hydrogen-bond acceptors (Lipinski definition) is 3. The maximum absolute atomic E-state index is 11.3. The van der Waals surface area contributed by atoms with Gasteiger partial charge in [0.05, 0.1) is 12.7 Å². The first kappa shape index (κ1) is 15.7. The van der Waals surface area contributed by atoms with Gasteiger partial charge in [-0.2, -0.15) is 0 Å². The molecular formula is C22H33NO2. The number of fused-ring (bicyclic) bond motifs is 3. The number of aliphatic hydroxyl groups is 1. The molecular weight excluding hydrogens is 310 g/mol. The van der Waals surface area contributed by atoms with Crippen LogP contribution in [0.1, 0.15) is 58.3 Å². The number of nitrogens with zero attached hydrogens (tertiary/aromatic N) is 1. The summed E-state index contributed by atoms with van der Waals surface area (Å²) in [4.78, 5) is 2.69. The lowest BCUT2D eigenvalue weighted by molar-refractivity contribution is -0.290. The molecule has 0 amide bonds. The van der Waals surface area contributed by atoms with Crippen LogP contribution in [-0.4, -0.2) is 42.0 Å². The molecule has 2 saturated heterocycles. The van der Waals surface area contributed by atoms with Crippen LogP contribution in [0.3, 0.4) is 0 Å². The number of hydrogen-bond donors (Lipinski definition) is 1. The van der Waals surface area contributed by atoms with Crippen molar-refractivity contribution in [3.63, 3.8) is 0 Å². The number of piperidine rings is 1. The van der Waals surface area contributed by atoms with Gasteiger partial charge in [-0.1, -0.05) is 19.9 Å². The van der Waals surface area contributed by atoms with Crippen molar-refractivity contribution in [2.24, 2.45) is 34.0 Å². The zero-order chi connectivity index (χ0) is 17.0. The molecule has 4 bridgehead atoms. The van der Waals surface area contributed by atoms with Gasteiger partial charge in [-0.15, -0.1) is 0 Å². The summed E-state index contributed by atoms with van der Waals surface area (Å²) in [6.07, 6.45) is 10.4. The summed E-state index contributed by atoms with van der Waals surface area (Å²) in [5.74, 6) is 1.99. The minimum atomic E-state index is -0.259. The van der Waals surface area contributed by atoms with Crippen LogP contribution in [0.4, 0.5) is 0 Å². The molecule has 5 saturated carbocycles. The van der Waals surface area contributed by atoms with Crippen molar-refractivity contribution >= 4 is 0 Å². The van der Waals surface area contributed by atoms with Gasteiger partial charge < -0.3 is 9.84 Å². The van der Waals surface area contributed by atoms with Crippen LogP contribution in [0.2, 0.25) is 0 Å². The van der Waals surface area contributed by atoms with Crippen LogP contribution in [0.5, 0.6) is 0 Å². The topological polar surface area (TPSA) is 32.7 Å². The monoisotopic (exact) mass is 343 g/mol. The van der Waals surface area contributed by atoms with Crippen molar-refractivity contribution in [3.8, 4) is 0 Å². The molecule has 1 N–H and O–H groups in total. The lowest BCUT2D eigenvalue weighted by Crippen LogP contribution is -2.73. The molecule has 5 aliphatic carbocycles. The van der Waals surface area contributed by atoms with Gasteiger partial charge in [0.2, 0.25) is 0 Å². The van der Waals surface area contributed by atoms with Gasteiger partial charge in [0, 0.05) is 23.9 Å². The molecule has 0 aromatic rings. The molecule has 3 heteroatoms. The fraction of sp³-hybridized carbons (Fsp3) is 0.909. The van der Waals surface area contributed by atoms with Crippen LogP contribution >= 0.6 is 0 Å². The Bertz CT molecular complexity index is 634. The molecule has 25 heavy (non-hydrogen) atoms. The van der Waals surface area contributed by atoms with Gasteiger partial charge in [-0.25, -0.2) is 0 Å². The van der Waals surface area contributed by atoms with E-state index in [1.165, 1.54) is 57.9 Å². The largest absolute Gasteiger partial charge is 0.388 e. The molecule has 3 nitrogen and oxygen atoms in total. The molecule has 7 fully saturated rings. The third-order valence-corrected chi connectivity index (χ3v) is 10.00. The van der Waals surface area contributed by atoms with Crippen LogP contribution in [-0.2, 0) is 4.74 Å². The predicted molar refractivity (Wildman–Crippen MR) is 96.8 cm³/mol. The van der Waals surface area contributed by atoms with E-state index in [1.807, 2.05) is 0 Å². The van der Waals surface area contributed by atoms with E-state index in [0.29, 0.717) is 28.9 Å². The summed E-state index contributed by atoms with van der Waals surface area (Å²) in [7, 11) is 0. The Kier molecular flexibility index (Phi) is 2.95. The highest BCUT2D eigenvalue weighted by molar-refractivity contribution is 5.28. The van der Waals surface area contributed by atoms with E-state index in [9.17, 15) is 5.11 Å². The van der Waals surface area contributed by atoms with Gasteiger partial charge >= 0.3 is 0 Å². The van der Waals surface area contributed by atoms with Gasteiger partial charge in [0.15, 0.2) is 0 Å². The number of rotatable bonds is 0. The summed E-state index contributed by atoms with van der Waals surface area (Å²) < 4.78 is 6.49. The molecule has 0 radical (unpaired) electrons. The molecule has 0 aromatic carbocycles. The minimum absolute atomic E-state index is 0.107. The zero-order valence-corrected chi connectivity index (χ0v) is 15.7. The Hall–Kier alpha value is -0.380. The first-order valence-corrected chi connectivity index (χ1v) is 10.7.